The zero-order valence-corrected chi connectivity index (χ0v) is 12.0. The summed E-state index contributed by atoms with van der Waals surface area (Å²) in [5.41, 5.74) is 7.51. The van der Waals surface area contributed by atoms with Crippen LogP contribution in [0.3, 0.4) is 0 Å². The second-order valence-electron chi connectivity index (χ2n) is 6.02. The molecule has 3 rings (SSSR count). The van der Waals surface area contributed by atoms with E-state index >= 15 is 0 Å². The van der Waals surface area contributed by atoms with Crippen molar-refractivity contribution >= 4 is 22.6 Å². The van der Waals surface area contributed by atoms with Gasteiger partial charge in [-0.3, -0.25) is 0 Å². The summed E-state index contributed by atoms with van der Waals surface area (Å²) in [4.78, 5) is 0. The third-order valence-corrected chi connectivity index (χ3v) is 4.79. The number of furan rings is 1. The Morgan fingerprint density at radius 3 is 2.68 bits per heavy atom. The molecule has 1 unspecified atom stereocenters. The fraction of sp³-hybridized carbons (Fsp3) is 0.500. The van der Waals surface area contributed by atoms with Gasteiger partial charge >= 0.3 is 0 Å². The van der Waals surface area contributed by atoms with Crippen LogP contribution in [0.5, 0.6) is 0 Å². The first-order chi connectivity index (χ1) is 9.08. The van der Waals surface area contributed by atoms with Crippen LogP contribution in [0, 0.1) is 5.41 Å². The molecule has 0 radical (unpaired) electrons. The lowest BCUT2D eigenvalue weighted by Crippen LogP contribution is -2.33. The van der Waals surface area contributed by atoms with Gasteiger partial charge in [-0.25, -0.2) is 0 Å². The Bertz CT molecular complexity index is 583. The summed E-state index contributed by atoms with van der Waals surface area (Å²) in [6, 6.07) is 7.71. The van der Waals surface area contributed by atoms with Gasteiger partial charge in [-0.1, -0.05) is 37.8 Å². The quantitative estimate of drug-likeness (QED) is 0.834. The monoisotopic (exact) mass is 277 g/mol. The number of halogens is 1. The van der Waals surface area contributed by atoms with Crippen LogP contribution in [0.1, 0.15) is 50.8 Å². The highest BCUT2D eigenvalue weighted by molar-refractivity contribution is 6.31. The first-order valence-corrected chi connectivity index (χ1v) is 7.41. The van der Waals surface area contributed by atoms with Gasteiger partial charge in [0.15, 0.2) is 0 Å². The number of nitrogens with two attached hydrogens (primary N) is 1. The van der Waals surface area contributed by atoms with E-state index in [-0.39, 0.29) is 11.5 Å². The minimum absolute atomic E-state index is 0.0287. The van der Waals surface area contributed by atoms with Crippen LogP contribution in [0.2, 0.25) is 5.02 Å². The van der Waals surface area contributed by atoms with Gasteiger partial charge in [0.1, 0.15) is 11.3 Å². The van der Waals surface area contributed by atoms with E-state index in [2.05, 4.69) is 6.92 Å². The Balaban J connectivity index is 1.94. The van der Waals surface area contributed by atoms with Crippen LogP contribution in [-0.4, -0.2) is 0 Å². The van der Waals surface area contributed by atoms with Crippen molar-refractivity contribution in [2.24, 2.45) is 11.1 Å². The van der Waals surface area contributed by atoms with Crippen molar-refractivity contribution in [2.45, 2.75) is 45.1 Å². The first kappa shape index (κ1) is 13.0. The molecule has 1 aromatic carbocycles. The maximum atomic E-state index is 6.48. The summed E-state index contributed by atoms with van der Waals surface area (Å²) in [6.45, 7) is 2.29. The van der Waals surface area contributed by atoms with Gasteiger partial charge in [-0.05, 0) is 42.5 Å². The first-order valence-electron chi connectivity index (χ1n) is 7.03. The highest BCUT2D eigenvalue weighted by Crippen LogP contribution is 2.45. The molecule has 1 aromatic heterocycles. The second kappa shape index (κ2) is 4.84. The molecule has 1 aliphatic rings. The summed E-state index contributed by atoms with van der Waals surface area (Å²) < 4.78 is 5.92. The lowest BCUT2D eigenvalue weighted by molar-refractivity contribution is 0.156. The predicted molar refractivity (Wildman–Crippen MR) is 79.3 cm³/mol. The smallest absolute Gasteiger partial charge is 0.134 e. The maximum Gasteiger partial charge on any atom is 0.134 e. The summed E-state index contributed by atoms with van der Waals surface area (Å²) in [6.07, 6.45) is 6.25. The number of hydrogen-bond donors (Lipinski definition) is 1. The average Bonchev–Trinajstić information content (AvgIpc) is 2.81. The van der Waals surface area contributed by atoms with E-state index in [0.29, 0.717) is 0 Å². The van der Waals surface area contributed by atoms with Crippen molar-refractivity contribution in [3.63, 3.8) is 0 Å². The molecule has 102 valence electrons. The van der Waals surface area contributed by atoms with Crippen molar-refractivity contribution in [1.82, 2.24) is 0 Å². The molecule has 0 saturated heterocycles. The molecule has 0 aliphatic heterocycles. The summed E-state index contributed by atoms with van der Waals surface area (Å²) in [5.74, 6) is 0.890. The van der Waals surface area contributed by atoms with E-state index in [1.54, 1.807) is 0 Å². The van der Waals surface area contributed by atoms with E-state index in [4.69, 9.17) is 21.8 Å². The van der Waals surface area contributed by atoms with E-state index in [1.165, 1.54) is 32.1 Å². The van der Waals surface area contributed by atoms with Crippen molar-refractivity contribution in [3.05, 3.63) is 35.0 Å². The average molecular weight is 278 g/mol. The van der Waals surface area contributed by atoms with Gasteiger partial charge in [0, 0.05) is 10.4 Å². The molecule has 2 nitrogen and oxygen atoms in total. The van der Waals surface area contributed by atoms with Crippen LogP contribution in [0.15, 0.2) is 28.7 Å². The van der Waals surface area contributed by atoms with Crippen LogP contribution >= 0.6 is 11.6 Å². The molecular formula is C16H20ClNO. The van der Waals surface area contributed by atoms with Crippen molar-refractivity contribution in [1.29, 1.82) is 0 Å². The Morgan fingerprint density at radius 2 is 1.95 bits per heavy atom. The standard InChI is InChI=1S/C16H20ClNO/c1-16(7-3-2-4-8-16)15(18)14-10-11-9-12(17)5-6-13(11)19-14/h5-6,9-10,15H,2-4,7-8,18H2,1H3. The molecule has 1 fully saturated rings. The molecule has 3 heteroatoms. The fourth-order valence-corrected chi connectivity index (χ4v) is 3.38. The highest BCUT2D eigenvalue weighted by atomic mass is 35.5. The molecule has 1 heterocycles. The summed E-state index contributed by atoms with van der Waals surface area (Å²) in [7, 11) is 0. The van der Waals surface area contributed by atoms with Gasteiger partial charge in [0.2, 0.25) is 0 Å². The van der Waals surface area contributed by atoms with Crippen LogP contribution in [-0.2, 0) is 0 Å². The highest BCUT2D eigenvalue weighted by Gasteiger charge is 2.35. The van der Waals surface area contributed by atoms with E-state index in [1.807, 2.05) is 24.3 Å². The number of benzene rings is 1. The molecule has 0 amide bonds. The van der Waals surface area contributed by atoms with Gasteiger partial charge in [0.25, 0.3) is 0 Å². The lowest BCUT2D eigenvalue weighted by atomic mass is 9.70. The second-order valence-corrected chi connectivity index (χ2v) is 6.46. The molecule has 2 N–H and O–H groups in total. The molecular weight excluding hydrogens is 258 g/mol. The third-order valence-electron chi connectivity index (χ3n) is 4.55. The SMILES string of the molecule is CC1(C(N)c2cc3cc(Cl)ccc3o2)CCCCC1. The topological polar surface area (TPSA) is 39.2 Å². The Hall–Kier alpha value is -0.990. The Labute approximate surface area is 118 Å². The third kappa shape index (κ3) is 2.39. The largest absolute Gasteiger partial charge is 0.459 e. The van der Waals surface area contributed by atoms with Crippen LogP contribution in [0.25, 0.3) is 11.0 Å². The lowest BCUT2D eigenvalue weighted by Gasteiger charge is -2.37. The predicted octanol–water partition coefficient (Wildman–Crippen LogP) is 5.06. The molecule has 0 bridgehead atoms. The summed E-state index contributed by atoms with van der Waals surface area (Å²) in [5, 5.41) is 1.77. The summed E-state index contributed by atoms with van der Waals surface area (Å²) >= 11 is 6.01. The zero-order chi connectivity index (χ0) is 13.5. The minimum Gasteiger partial charge on any atom is -0.459 e. The molecule has 19 heavy (non-hydrogen) atoms. The van der Waals surface area contributed by atoms with Crippen LogP contribution in [0.4, 0.5) is 0 Å². The molecule has 1 saturated carbocycles. The number of hydrogen-bond acceptors (Lipinski definition) is 2. The maximum absolute atomic E-state index is 6.48. The molecule has 0 spiro atoms. The normalized spacial score (nSPS) is 20.6. The van der Waals surface area contributed by atoms with Crippen molar-refractivity contribution < 1.29 is 4.42 Å². The Kier molecular flexibility index (Phi) is 3.32. The van der Waals surface area contributed by atoms with Gasteiger partial charge < -0.3 is 10.2 Å². The Morgan fingerprint density at radius 1 is 1.21 bits per heavy atom. The molecule has 2 aromatic rings. The van der Waals surface area contributed by atoms with E-state index < -0.39 is 0 Å². The van der Waals surface area contributed by atoms with Gasteiger partial charge in [-0.15, -0.1) is 0 Å². The fourth-order valence-electron chi connectivity index (χ4n) is 3.20. The van der Waals surface area contributed by atoms with Gasteiger partial charge in [-0.2, -0.15) is 0 Å². The molecule has 1 atom stereocenters. The van der Waals surface area contributed by atoms with E-state index in [9.17, 15) is 0 Å². The zero-order valence-electron chi connectivity index (χ0n) is 11.3. The number of rotatable bonds is 2. The van der Waals surface area contributed by atoms with Crippen molar-refractivity contribution in [3.8, 4) is 0 Å². The van der Waals surface area contributed by atoms with Crippen molar-refractivity contribution in [2.75, 3.05) is 0 Å². The van der Waals surface area contributed by atoms with Crippen LogP contribution < -0.4 is 5.73 Å². The number of fused-ring (bicyclic) bond motifs is 1. The molecule has 1 aliphatic carbocycles. The minimum atomic E-state index is -0.0287. The van der Waals surface area contributed by atoms with Gasteiger partial charge in [0.05, 0.1) is 6.04 Å². The van der Waals surface area contributed by atoms with E-state index in [0.717, 1.165) is 21.8 Å².